The van der Waals surface area contributed by atoms with Gasteiger partial charge in [0.2, 0.25) is 5.91 Å². The molecule has 0 aromatic rings. The van der Waals surface area contributed by atoms with Gasteiger partial charge < -0.3 is 10.2 Å². The van der Waals surface area contributed by atoms with Gasteiger partial charge in [-0.3, -0.25) is 4.79 Å². The SMILES string of the molecule is CC(=O)NCCCN(C)[C@H]1CC[C@H](C)CC1. The van der Waals surface area contributed by atoms with Crippen molar-refractivity contribution in [3.05, 3.63) is 0 Å². The third kappa shape index (κ3) is 4.97. The zero-order valence-corrected chi connectivity index (χ0v) is 11.0. The average Bonchev–Trinajstić information content (AvgIpc) is 2.25. The van der Waals surface area contributed by atoms with Crippen LogP contribution in [-0.4, -0.2) is 37.0 Å². The van der Waals surface area contributed by atoms with E-state index in [2.05, 4.69) is 24.2 Å². The van der Waals surface area contributed by atoms with Crippen molar-refractivity contribution in [1.29, 1.82) is 0 Å². The van der Waals surface area contributed by atoms with E-state index in [1.165, 1.54) is 25.7 Å². The number of carbonyl (C=O) groups is 1. The summed E-state index contributed by atoms with van der Waals surface area (Å²) in [5.74, 6) is 0.998. The van der Waals surface area contributed by atoms with Crippen molar-refractivity contribution in [3.8, 4) is 0 Å². The minimum absolute atomic E-state index is 0.0779. The largest absolute Gasteiger partial charge is 0.356 e. The lowest BCUT2D eigenvalue weighted by atomic mass is 9.87. The van der Waals surface area contributed by atoms with E-state index < -0.39 is 0 Å². The molecule has 0 unspecified atom stereocenters. The monoisotopic (exact) mass is 226 g/mol. The minimum atomic E-state index is 0.0779. The highest BCUT2D eigenvalue weighted by Crippen LogP contribution is 2.26. The molecule has 3 heteroatoms. The molecule has 1 saturated carbocycles. The predicted molar refractivity (Wildman–Crippen MR) is 67.4 cm³/mol. The van der Waals surface area contributed by atoms with E-state index >= 15 is 0 Å². The van der Waals surface area contributed by atoms with Crippen molar-refractivity contribution in [2.45, 2.75) is 52.0 Å². The standard InChI is InChI=1S/C13H26N2O/c1-11-5-7-13(8-6-11)15(3)10-4-9-14-12(2)16/h11,13H,4-10H2,1-3H3,(H,14,16)/t11-,13-. The van der Waals surface area contributed by atoms with Crippen LogP contribution >= 0.6 is 0 Å². The fraction of sp³-hybridized carbons (Fsp3) is 0.923. The van der Waals surface area contributed by atoms with E-state index in [-0.39, 0.29) is 5.91 Å². The molecule has 0 aromatic heterocycles. The molecule has 1 N–H and O–H groups in total. The summed E-state index contributed by atoms with van der Waals surface area (Å²) in [6.45, 7) is 5.83. The number of nitrogens with zero attached hydrogens (tertiary/aromatic N) is 1. The lowest BCUT2D eigenvalue weighted by Gasteiger charge is -2.33. The van der Waals surface area contributed by atoms with Gasteiger partial charge in [0, 0.05) is 19.5 Å². The van der Waals surface area contributed by atoms with Crippen LogP contribution in [0, 0.1) is 5.92 Å². The van der Waals surface area contributed by atoms with E-state index in [1.807, 2.05) is 0 Å². The summed E-state index contributed by atoms with van der Waals surface area (Å²) in [7, 11) is 2.22. The second-order valence-corrected chi connectivity index (χ2v) is 5.23. The molecule has 1 aliphatic carbocycles. The molecule has 0 atom stereocenters. The number of nitrogens with one attached hydrogen (secondary N) is 1. The van der Waals surface area contributed by atoms with Gasteiger partial charge >= 0.3 is 0 Å². The molecule has 1 amide bonds. The maximum absolute atomic E-state index is 10.7. The molecule has 1 fully saturated rings. The molecular weight excluding hydrogens is 200 g/mol. The van der Waals surface area contributed by atoms with Crippen LogP contribution in [-0.2, 0) is 4.79 Å². The lowest BCUT2D eigenvalue weighted by Crippen LogP contribution is -2.36. The summed E-state index contributed by atoms with van der Waals surface area (Å²) < 4.78 is 0. The van der Waals surface area contributed by atoms with Crippen LogP contribution < -0.4 is 5.32 Å². The van der Waals surface area contributed by atoms with Crippen LogP contribution in [0.15, 0.2) is 0 Å². The van der Waals surface area contributed by atoms with Crippen molar-refractivity contribution in [3.63, 3.8) is 0 Å². The van der Waals surface area contributed by atoms with E-state index in [0.29, 0.717) is 0 Å². The van der Waals surface area contributed by atoms with Gasteiger partial charge in [0.15, 0.2) is 0 Å². The highest BCUT2D eigenvalue weighted by molar-refractivity contribution is 5.72. The van der Waals surface area contributed by atoms with Crippen molar-refractivity contribution >= 4 is 5.91 Å². The van der Waals surface area contributed by atoms with Gasteiger partial charge in [-0.05, 0) is 51.6 Å². The van der Waals surface area contributed by atoms with E-state index in [9.17, 15) is 4.79 Å². The Morgan fingerprint density at radius 3 is 2.50 bits per heavy atom. The molecule has 16 heavy (non-hydrogen) atoms. The molecule has 0 radical (unpaired) electrons. The number of hydrogen-bond donors (Lipinski definition) is 1. The second-order valence-electron chi connectivity index (χ2n) is 5.23. The van der Waals surface area contributed by atoms with Crippen LogP contribution in [0.4, 0.5) is 0 Å². The Balaban J connectivity index is 2.10. The minimum Gasteiger partial charge on any atom is -0.356 e. The molecular formula is C13H26N2O. The van der Waals surface area contributed by atoms with Gasteiger partial charge in [-0.25, -0.2) is 0 Å². The summed E-state index contributed by atoms with van der Waals surface area (Å²) in [4.78, 5) is 13.2. The third-order valence-corrected chi connectivity index (χ3v) is 3.67. The van der Waals surface area contributed by atoms with Crippen LogP contribution in [0.5, 0.6) is 0 Å². The number of rotatable bonds is 5. The van der Waals surface area contributed by atoms with Gasteiger partial charge in [-0.2, -0.15) is 0 Å². The van der Waals surface area contributed by atoms with Crippen LogP contribution in [0.1, 0.15) is 46.0 Å². The molecule has 3 nitrogen and oxygen atoms in total. The van der Waals surface area contributed by atoms with Crippen molar-refractivity contribution in [1.82, 2.24) is 10.2 Å². The van der Waals surface area contributed by atoms with Crippen LogP contribution in [0.3, 0.4) is 0 Å². The maximum Gasteiger partial charge on any atom is 0.216 e. The Morgan fingerprint density at radius 1 is 1.31 bits per heavy atom. The van der Waals surface area contributed by atoms with Gasteiger partial charge in [-0.1, -0.05) is 6.92 Å². The van der Waals surface area contributed by atoms with E-state index in [1.54, 1.807) is 6.92 Å². The fourth-order valence-electron chi connectivity index (χ4n) is 2.46. The molecule has 0 saturated heterocycles. The Hall–Kier alpha value is -0.570. The molecule has 0 spiro atoms. The van der Waals surface area contributed by atoms with Gasteiger partial charge in [-0.15, -0.1) is 0 Å². The number of carbonyl (C=O) groups excluding carboxylic acids is 1. The summed E-state index contributed by atoms with van der Waals surface area (Å²) in [6, 6.07) is 0.772. The van der Waals surface area contributed by atoms with Crippen LogP contribution in [0.2, 0.25) is 0 Å². The Labute approximate surface area is 99.6 Å². The molecule has 0 bridgehead atoms. The first-order valence-corrected chi connectivity index (χ1v) is 6.54. The maximum atomic E-state index is 10.7. The van der Waals surface area contributed by atoms with E-state index in [0.717, 1.165) is 31.5 Å². The summed E-state index contributed by atoms with van der Waals surface area (Å²) >= 11 is 0. The van der Waals surface area contributed by atoms with Crippen LogP contribution in [0.25, 0.3) is 0 Å². The summed E-state index contributed by atoms with van der Waals surface area (Å²) in [5, 5.41) is 2.85. The van der Waals surface area contributed by atoms with Gasteiger partial charge in [0.05, 0.1) is 0 Å². The Bertz CT molecular complexity index is 210. The molecule has 0 aliphatic heterocycles. The Kier molecular flexibility index (Phi) is 5.81. The smallest absolute Gasteiger partial charge is 0.216 e. The number of hydrogen-bond acceptors (Lipinski definition) is 2. The zero-order chi connectivity index (χ0) is 12.0. The summed E-state index contributed by atoms with van der Waals surface area (Å²) in [6.07, 6.45) is 6.50. The summed E-state index contributed by atoms with van der Waals surface area (Å²) in [5.41, 5.74) is 0. The van der Waals surface area contributed by atoms with E-state index in [4.69, 9.17) is 0 Å². The second kappa shape index (κ2) is 6.89. The highest BCUT2D eigenvalue weighted by Gasteiger charge is 2.20. The van der Waals surface area contributed by atoms with Crippen molar-refractivity contribution < 1.29 is 4.79 Å². The quantitative estimate of drug-likeness (QED) is 0.727. The molecule has 0 heterocycles. The normalized spacial score (nSPS) is 25.8. The molecule has 1 rings (SSSR count). The first kappa shape index (κ1) is 13.5. The number of amides is 1. The third-order valence-electron chi connectivity index (χ3n) is 3.67. The Morgan fingerprint density at radius 2 is 1.94 bits per heavy atom. The first-order valence-electron chi connectivity index (χ1n) is 6.54. The first-order chi connectivity index (χ1) is 7.59. The van der Waals surface area contributed by atoms with Gasteiger partial charge in [0.25, 0.3) is 0 Å². The van der Waals surface area contributed by atoms with Crippen molar-refractivity contribution in [2.75, 3.05) is 20.1 Å². The van der Waals surface area contributed by atoms with Gasteiger partial charge in [0.1, 0.15) is 0 Å². The molecule has 1 aliphatic rings. The molecule has 94 valence electrons. The zero-order valence-electron chi connectivity index (χ0n) is 11.0. The predicted octanol–water partition coefficient (Wildman–Crippen LogP) is 2.02. The fourth-order valence-corrected chi connectivity index (χ4v) is 2.46. The topological polar surface area (TPSA) is 32.3 Å². The van der Waals surface area contributed by atoms with Crippen molar-refractivity contribution in [2.24, 2.45) is 5.92 Å². The highest BCUT2D eigenvalue weighted by atomic mass is 16.1. The lowest BCUT2D eigenvalue weighted by molar-refractivity contribution is -0.118. The molecule has 0 aromatic carbocycles. The average molecular weight is 226 g/mol.